The van der Waals surface area contributed by atoms with E-state index < -0.39 is 35.4 Å². The summed E-state index contributed by atoms with van der Waals surface area (Å²) in [6, 6.07) is 0. The second-order valence-electron chi connectivity index (χ2n) is 13.6. The van der Waals surface area contributed by atoms with Gasteiger partial charge in [0, 0.05) is 23.2 Å². The lowest BCUT2D eigenvalue weighted by Gasteiger charge is -2.50. The first-order valence-corrected chi connectivity index (χ1v) is 15.2. The molecule has 4 N–H and O–H groups in total. The maximum Gasteiger partial charge on any atom is 0.306 e. The molecule has 38 heavy (non-hydrogen) atoms. The number of hydrogen-bond acceptors (Lipinski definition) is 6. The summed E-state index contributed by atoms with van der Waals surface area (Å²) >= 11 is 0. The summed E-state index contributed by atoms with van der Waals surface area (Å²) in [6.07, 6.45) is 13.5. The molecule has 6 heteroatoms. The molecule has 4 aliphatic carbocycles. The van der Waals surface area contributed by atoms with Gasteiger partial charge in [-0.2, -0.15) is 0 Å². The molecule has 0 aromatic carbocycles. The highest BCUT2D eigenvalue weighted by molar-refractivity contribution is 5.70. The molecule has 2 bridgehead atoms. The van der Waals surface area contributed by atoms with Crippen LogP contribution in [0.15, 0.2) is 23.3 Å². The summed E-state index contributed by atoms with van der Waals surface area (Å²) in [5.41, 5.74) is -2.65. The van der Waals surface area contributed by atoms with Crippen molar-refractivity contribution in [1.82, 2.24) is 0 Å². The lowest BCUT2D eigenvalue weighted by Crippen LogP contribution is -2.62. The van der Waals surface area contributed by atoms with Crippen molar-refractivity contribution >= 4 is 5.97 Å². The highest BCUT2D eigenvalue weighted by Gasteiger charge is 2.80. The van der Waals surface area contributed by atoms with Crippen LogP contribution in [0.1, 0.15) is 112 Å². The third-order valence-electron chi connectivity index (χ3n) is 11.0. The number of fused-ring (bicyclic) bond motifs is 3. The van der Waals surface area contributed by atoms with Crippen LogP contribution in [0.5, 0.6) is 0 Å². The van der Waals surface area contributed by atoms with Crippen molar-refractivity contribution in [3.05, 3.63) is 23.3 Å². The second-order valence-corrected chi connectivity index (χ2v) is 13.6. The van der Waals surface area contributed by atoms with Crippen molar-refractivity contribution in [3.63, 3.8) is 0 Å². The Kier molecular flexibility index (Phi) is 8.61. The van der Waals surface area contributed by atoms with Crippen molar-refractivity contribution in [2.24, 2.45) is 28.6 Å². The first kappa shape index (κ1) is 29.8. The third-order valence-corrected chi connectivity index (χ3v) is 11.0. The molecule has 4 aliphatic rings. The maximum absolute atomic E-state index is 13.2. The summed E-state index contributed by atoms with van der Waals surface area (Å²) in [5.74, 6) is -0.389. The van der Waals surface area contributed by atoms with Crippen LogP contribution >= 0.6 is 0 Å². The van der Waals surface area contributed by atoms with Gasteiger partial charge in [0.2, 0.25) is 0 Å². The number of esters is 1. The van der Waals surface area contributed by atoms with Crippen LogP contribution < -0.4 is 0 Å². The van der Waals surface area contributed by atoms with E-state index in [0.717, 1.165) is 19.3 Å². The number of aliphatic hydroxyl groups is 4. The molecule has 0 aromatic heterocycles. The lowest BCUT2D eigenvalue weighted by atomic mass is 9.59. The summed E-state index contributed by atoms with van der Waals surface area (Å²) in [6.45, 7) is 9.98. The first-order chi connectivity index (χ1) is 17.9. The van der Waals surface area contributed by atoms with Crippen molar-refractivity contribution in [1.29, 1.82) is 0 Å². The molecule has 0 radical (unpaired) electrons. The van der Waals surface area contributed by atoms with Crippen LogP contribution in [-0.4, -0.2) is 56.4 Å². The van der Waals surface area contributed by atoms with Gasteiger partial charge in [-0.05, 0) is 49.2 Å². The minimum atomic E-state index is -1.83. The van der Waals surface area contributed by atoms with Crippen molar-refractivity contribution in [3.8, 4) is 0 Å². The topological polar surface area (TPSA) is 107 Å². The number of hydrogen-bond donors (Lipinski definition) is 4. The van der Waals surface area contributed by atoms with Crippen molar-refractivity contribution in [2.75, 3.05) is 6.61 Å². The molecule has 0 heterocycles. The van der Waals surface area contributed by atoms with Gasteiger partial charge in [0.1, 0.15) is 23.4 Å². The van der Waals surface area contributed by atoms with E-state index >= 15 is 0 Å². The third kappa shape index (κ3) is 4.52. The fourth-order valence-corrected chi connectivity index (χ4v) is 8.85. The average molecular weight is 533 g/mol. The van der Waals surface area contributed by atoms with Gasteiger partial charge in [-0.3, -0.25) is 4.79 Å². The van der Waals surface area contributed by atoms with Crippen LogP contribution in [0.25, 0.3) is 0 Å². The Hall–Kier alpha value is -1.21. The predicted octanol–water partition coefficient (Wildman–Crippen LogP) is 5.22. The zero-order chi connectivity index (χ0) is 27.9. The predicted molar refractivity (Wildman–Crippen MR) is 148 cm³/mol. The molecule has 0 aliphatic heterocycles. The zero-order valence-electron chi connectivity index (χ0n) is 24.3. The molecular formula is C32H52O6. The normalized spacial score (nSPS) is 40.8. The monoisotopic (exact) mass is 532 g/mol. The van der Waals surface area contributed by atoms with E-state index in [4.69, 9.17) is 4.74 Å². The van der Waals surface area contributed by atoms with Crippen molar-refractivity contribution in [2.45, 2.75) is 135 Å². The number of allylic oxidation sites excluding steroid dienone is 1. The molecule has 0 saturated heterocycles. The minimum absolute atomic E-state index is 0.0199. The molecule has 6 nitrogen and oxygen atoms in total. The standard InChI is InChI=1S/C32H52O6/c1-6-7-8-9-10-11-12-13-14-15-25(34)38-31-18-22(3)30-17-21(2)27(35)32(30,37)28(36)24(20-33)16-23(19-30)26(31)29(31,4)5/h16-17,22-23,26-28,33,35-37H,6-15,18-20H2,1-5H3/t22-,23-,26-,27+,28-,30-,31+,32-/m1/s1. The van der Waals surface area contributed by atoms with E-state index in [2.05, 4.69) is 20.8 Å². The highest BCUT2D eigenvalue weighted by atomic mass is 16.6. The van der Waals surface area contributed by atoms with Gasteiger partial charge in [-0.15, -0.1) is 0 Å². The molecule has 2 saturated carbocycles. The molecule has 0 amide bonds. The Bertz CT molecular complexity index is 938. The van der Waals surface area contributed by atoms with E-state index in [0.29, 0.717) is 30.4 Å². The smallest absolute Gasteiger partial charge is 0.306 e. The fraction of sp³-hybridized carbons (Fsp3) is 0.844. The van der Waals surface area contributed by atoms with Crippen LogP contribution in [-0.2, 0) is 9.53 Å². The molecule has 1 spiro atoms. The van der Waals surface area contributed by atoms with E-state index in [9.17, 15) is 25.2 Å². The first-order valence-electron chi connectivity index (χ1n) is 15.2. The van der Waals surface area contributed by atoms with Gasteiger partial charge in [0.25, 0.3) is 0 Å². The Labute approximate surface area is 229 Å². The van der Waals surface area contributed by atoms with Gasteiger partial charge in [-0.1, -0.05) is 91.2 Å². The van der Waals surface area contributed by atoms with Crippen LogP contribution in [0.4, 0.5) is 0 Å². The van der Waals surface area contributed by atoms with Gasteiger partial charge in [-0.25, -0.2) is 0 Å². The number of rotatable bonds is 12. The fourth-order valence-electron chi connectivity index (χ4n) is 8.85. The van der Waals surface area contributed by atoms with Crippen LogP contribution in [0.2, 0.25) is 0 Å². The van der Waals surface area contributed by atoms with Gasteiger partial charge in [0.15, 0.2) is 0 Å². The summed E-state index contributed by atoms with van der Waals surface area (Å²) in [5, 5.41) is 44.6. The van der Waals surface area contributed by atoms with E-state index in [1.807, 2.05) is 19.1 Å². The maximum atomic E-state index is 13.2. The van der Waals surface area contributed by atoms with Crippen molar-refractivity contribution < 1.29 is 30.0 Å². The van der Waals surface area contributed by atoms with Crippen LogP contribution in [0.3, 0.4) is 0 Å². The Morgan fingerprint density at radius 2 is 1.61 bits per heavy atom. The Morgan fingerprint density at radius 1 is 1.00 bits per heavy atom. The summed E-state index contributed by atoms with van der Waals surface area (Å²) in [7, 11) is 0. The number of carbonyl (C=O) groups is 1. The summed E-state index contributed by atoms with van der Waals surface area (Å²) in [4.78, 5) is 13.2. The summed E-state index contributed by atoms with van der Waals surface area (Å²) < 4.78 is 6.41. The number of aliphatic hydroxyl groups excluding tert-OH is 3. The van der Waals surface area contributed by atoms with E-state index in [-0.39, 0.29) is 29.1 Å². The molecule has 4 rings (SSSR count). The number of unbranched alkanes of at least 4 members (excludes halogenated alkanes) is 8. The highest BCUT2D eigenvalue weighted by Crippen LogP contribution is 2.76. The largest absolute Gasteiger partial charge is 0.458 e. The molecule has 216 valence electrons. The van der Waals surface area contributed by atoms with E-state index in [1.165, 1.54) is 38.5 Å². The Balaban J connectivity index is 1.48. The Morgan fingerprint density at radius 3 is 2.21 bits per heavy atom. The van der Waals surface area contributed by atoms with E-state index in [1.54, 1.807) is 6.92 Å². The molecule has 0 aromatic rings. The molecule has 2 fully saturated rings. The quantitative estimate of drug-likeness (QED) is 0.156. The van der Waals surface area contributed by atoms with Gasteiger partial charge in [0.05, 0.1) is 6.61 Å². The molecule has 0 unspecified atom stereocenters. The van der Waals surface area contributed by atoms with Crippen LogP contribution in [0, 0.1) is 28.6 Å². The van der Waals surface area contributed by atoms with Gasteiger partial charge >= 0.3 is 5.97 Å². The number of carbonyl (C=O) groups excluding carboxylic acids is 1. The second kappa shape index (κ2) is 11.0. The average Bonchev–Trinajstić information content (AvgIpc) is 3.32. The minimum Gasteiger partial charge on any atom is -0.458 e. The molecular weight excluding hydrogens is 480 g/mol. The lowest BCUT2D eigenvalue weighted by molar-refractivity contribution is -0.189. The SMILES string of the molecule is CCCCCCCCCCCC(=O)O[C@@]12C[C@@H](C)[C@]34C=C(C)[C@H](O)[C@@]3(O)[C@H](O)C(CO)=C[C@H](C4)[C@@H]1C2(C)C. The molecule has 8 atom stereocenters. The zero-order valence-corrected chi connectivity index (χ0v) is 24.3. The number of ether oxygens (including phenoxy) is 1. The van der Waals surface area contributed by atoms with Gasteiger partial charge < -0.3 is 25.2 Å².